The average Bonchev–Trinajstić information content (AvgIpc) is 2.31. The fraction of sp³-hybridized carbons (Fsp3) is 0.125. The van der Waals surface area contributed by atoms with Crippen molar-refractivity contribution in [3.8, 4) is 0 Å². The second-order valence-corrected chi connectivity index (χ2v) is 2.61. The first-order chi connectivity index (χ1) is 6.09. The molecule has 3 nitrogen and oxygen atoms in total. The Hall–Kier alpha value is -1.49. The first kappa shape index (κ1) is 8.12. The van der Waals surface area contributed by atoms with E-state index in [1.165, 1.54) is 0 Å². The number of hydrogen-bond acceptors (Lipinski definition) is 3. The first-order valence-corrected chi connectivity index (χ1v) is 3.47. The van der Waals surface area contributed by atoms with E-state index in [2.05, 4.69) is 4.74 Å². The van der Waals surface area contributed by atoms with Gasteiger partial charge in [0.15, 0.2) is 11.6 Å². The predicted molar refractivity (Wildman–Crippen MR) is 36.7 cm³/mol. The molecule has 1 N–H and O–H groups in total. The summed E-state index contributed by atoms with van der Waals surface area (Å²) < 4.78 is 29.6. The van der Waals surface area contributed by atoms with Crippen molar-refractivity contribution < 1.29 is 23.4 Å². The van der Waals surface area contributed by atoms with E-state index in [4.69, 9.17) is 5.11 Å². The number of carbonyl (C=O) groups is 1. The molecular weight excluding hydrogens is 182 g/mol. The van der Waals surface area contributed by atoms with Gasteiger partial charge in [-0.15, -0.1) is 0 Å². The smallest absolute Gasteiger partial charge is 0.341 e. The van der Waals surface area contributed by atoms with Crippen LogP contribution >= 0.6 is 0 Å². The van der Waals surface area contributed by atoms with Crippen LogP contribution in [0.5, 0.6) is 0 Å². The molecule has 68 valence electrons. The van der Waals surface area contributed by atoms with Gasteiger partial charge in [-0.25, -0.2) is 13.6 Å². The van der Waals surface area contributed by atoms with E-state index in [1.807, 2.05) is 0 Å². The minimum absolute atomic E-state index is 0.0381. The summed E-state index contributed by atoms with van der Waals surface area (Å²) in [5.41, 5.74) is -0.171. The Labute approximate surface area is 71.6 Å². The monoisotopic (exact) mass is 186 g/mol. The van der Waals surface area contributed by atoms with Crippen molar-refractivity contribution in [3.63, 3.8) is 0 Å². The van der Waals surface area contributed by atoms with Crippen molar-refractivity contribution in [2.24, 2.45) is 0 Å². The number of cyclic esters (lactones) is 1. The fourth-order valence-corrected chi connectivity index (χ4v) is 1.17. The normalized spacial score (nSPS) is 19.9. The number of hydrogen-bond donors (Lipinski definition) is 1. The molecule has 1 heterocycles. The minimum Gasteiger partial charge on any atom is -0.428 e. The zero-order valence-corrected chi connectivity index (χ0v) is 6.25. The second-order valence-electron chi connectivity index (χ2n) is 2.61. The van der Waals surface area contributed by atoms with Crippen molar-refractivity contribution >= 4 is 5.97 Å². The number of benzene rings is 1. The summed E-state index contributed by atoms with van der Waals surface area (Å²) in [6.07, 6.45) is -1.49. The van der Waals surface area contributed by atoms with E-state index in [9.17, 15) is 13.6 Å². The van der Waals surface area contributed by atoms with E-state index in [-0.39, 0.29) is 11.1 Å². The van der Waals surface area contributed by atoms with Crippen LogP contribution in [0.3, 0.4) is 0 Å². The zero-order valence-electron chi connectivity index (χ0n) is 6.25. The number of fused-ring (bicyclic) bond motifs is 1. The number of aliphatic hydroxyl groups is 1. The van der Waals surface area contributed by atoms with Gasteiger partial charge in [-0.3, -0.25) is 0 Å². The van der Waals surface area contributed by atoms with Crippen LogP contribution in [0.15, 0.2) is 12.1 Å². The number of halogens is 2. The Morgan fingerprint density at radius 1 is 1.31 bits per heavy atom. The number of aliphatic hydroxyl groups excluding tert-OH is 1. The van der Waals surface area contributed by atoms with Gasteiger partial charge in [-0.1, -0.05) is 0 Å². The maximum absolute atomic E-state index is 12.6. The van der Waals surface area contributed by atoms with E-state index < -0.39 is 23.9 Å². The van der Waals surface area contributed by atoms with Gasteiger partial charge in [-0.05, 0) is 12.1 Å². The Kier molecular flexibility index (Phi) is 1.56. The first-order valence-electron chi connectivity index (χ1n) is 3.47. The molecule has 0 saturated heterocycles. The third kappa shape index (κ3) is 1.08. The van der Waals surface area contributed by atoms with Gasteiger partial charge in [0.2, 0.25) is 6.29 Å². The van der Waals surface area contributed by atoms with Crippen molar-refractivity contribution in [2.75, 3.05) is 0 Å². The van der Waals surface area contributed by atoms with Crippen LogP contribution in [0.4, 0.5) is 8.78 Å². The van der Waals surface area contributed by atoms with Gasteiger partial charge in [0.05, 0.1) is 5.56 Å². The molecule has 13 heavy (non-hydrogen) atoms. The highest BCUT2D eigenvalue weighted by molar-refractivity contribution is 5.93. The van der Waals surface area contributed by atoms with Gasteiger partial charge in [0.1, 0.15) is 0 Å². The molecule has 5 heteroatoms. The van der Waals surface area contributed by atoms with Crippen molar-refractivity contribution in [1.29, 1.82) is 0 Å². The maximum atomic E-state index is 12.6. The largest absolute Gasteiger partial charge is 0.428 e. The van der Waals surface area contributed by atoms with Crippen molar-refractivity contribution in [1.82, 2.24) is 0 Å². The maximum Gasteiger partial charge on any atom is 0.341 e. The molecule has 1 unspecified atom stereocenters. The van der Waals surface area contributed by atoms with Gasteiger partial charge >= 0.3 is 5.97 Å². The molecule has 0 fully saturated rings. The van der Waals surface area contributed by atoms with Crippen LogP contribution in [-0.4, -0.2) is 11.1 Å². The summed E-state index contributed by atoms with van der Waals surface area (Å²) in [6.45, 7) is 0. The highest BCUT2D eigenvalue weighted by atomic mass is 19.2. The van der Waals surface area contributed by atoms with E-state index >= 15 is 0 Å². The summed E-state index contributed by atoms with van der Waals surface area (Å²) >= 11 is 0. The molecule has 0 saturated carbocycles. The molecular formula is C8H4F2O3. The van der Waals surface area contributed by atoms with E-state index in [1.54, 1.807) is 0 Å². The van der Waals surface area contributed by atoms with E-state index in [0.29, 0.717) is 6.07 Å². The number of esters is 1. The molecule has 2 rings (SSSR count). The summed E-state index contributed by atoms with van der Waals surface area (Å²) in [6, 6.07) is 1.46. The Balaban J connectivity index is 2.65. The molecule has 1 aliphatic heterocycles. The standard InChI is InChI=1S/C8H4F2O3/c9-5-1-3-4(2-6(5)10)8(12)13-7(3)11/h1-2,7,11H. The zero-order chi connectivity index (χ0) is 9.59. The molecule has 0 spiro atoms. The molecule has 1 atom stereocenters. The quantitative estimate of drug-likeness (QED) is 0.617. The summed E-state index contributed by atoms with van der Waals surface area (Å²) in [7, 11) is 0. The van der Waals surface area contributed by atoms with Gasteiger partial charge in [-0.2, -0.15) is 0 Å². The van der Waals surface area contributed by atoms with Gasteiger partial charge < -0.3 is 9.84 Å². The number of rotatable bonds is 0. The van der Waals surface area contributed by atoms with E-state index in [0.717, 1.165) is 6.07 Å². The Morgan fingerprint density at radius 2 is 1.92 bits per heavy atom. The second kappa shape index (κ2) is 2.50. The molecule has 1 aliphatic rings. The Bertz CT molecular complexity index is 389. The van der Waals surface area contributed by atoms with Crippen molar-refractivity contribution in [2.45, 2.75) is 6.29 Å². The Morgan fingerprint density at radius 3 is 2.62 bits per heavy atom. The van der Waals surface area contributed by atoms with Gasteiger partial charge in [0.25, 0.3) is 0 Å². The van der Waals surface area contributed by atoms with Gasteiger partial charge in [0, 0.05) is 5.56 Å². The SMILES string of the molecule is O=C1OC(O)c2cc(F)c(F)cc21. The number of carbonyl (C=O) groups excluding carboxylic acids is 1. The van der Waals surface area contributed by atoms with Crippen LogP contribution in [0.2, 0.25) is 0 Å². The average molecular weight is 186 g/mol. The molecule has 0 amide bonds. The molecule has 0 radical (unpaired) electrons. The summed E-state index contributed by atoms with van der Waals surface area (Å²) in [4.78, 5) is 10.9. The summed E-state index contributed by atoms with van der Waals surface area (Å²) in [5.74, 6) is -3.10. The highest BCUT2D eigenvalue weighted by Gasteiger charge is 2.31. The van der Waals surface area contributed by atoms with Crippen LogP contribution in [0.1, 0.15) is 22.2 Å². The number of ether oxygens (including phenoxy) is 1. The van der Waals surface area contributed by atoms with Crippen molar-refractivity contribution in [3.05, 3.63) is 34.9 Å². The lowest BCUT2D eigenvalue weighted by atomic mass is 10.1. The lowest BCUT2D eigenvalue weighted by Crippen LogP contribution is -1.96. The lowest BCUT2D eigenvalue weighted by molar-refractivity contribution is -0.0548. The topological polar surface area (TPSA) is 46.5 Å². The third-order valence-corrected chi connectivity index (χ3v) is 1.80. The molecule has 0 aromatic heterocycles. The predicted octanol–water partition coefficient (Wildman–Crippen LogP) is 1.13. The molecule has 1 aromatic rings. The minimum atomic E-state index is -1.49. The third-order valence-electron chi connectivity index (χ3n) is 1.80. The highest BCUT2D eigenvalue weighted by Crippen LogP contribution is 2.29. The molecule has 1 aromatic carbocycles. The molecule has 0 bridgehead atoms. The van der Waals surface area contributed by atoms with Crippen LogP contribution in [0.25, 0.3) is 0 Å². The van der Waals surface area contributed by atoms with Crippen LogP contribution in [0, 0.1) is 11.6 Å². The van der Waals surface area contributed by atoms with Crippen LogP contribution in [-0.2, 0) is 4.74 Å². The van der Waals surface area contributed by atoms with Crippen LogP contribution < -0.4 is 0 Å². The molecule has 0 aliphatic carbocycles. The lowest BCUT2D eigenvalue weighted by Gasteiger charge is -2.00. The fourth-order valence-electron chi connectivity index (χ4n) is 1.17. The summed E-state index contributed by atoms with van der Waals surface area (Å²) in [5, 5.41) is 9.03.